The van der Waals surface area contributed by atoms with Crippen LogP contribution in [0.2, 0.25) is 0 Å². The van der Waals surface area contributed by atoms with Gasteiger partial charge in [0.1, 0.15) is 0 Å². The van der Waals surface area contributed by atoms with Gasteiger partial charge < -0.3 is 10.4 Å². The molecular formula is C18H24F3NO2. The Bertz CT molecular complexity index is 537. The van der Waals surface area contributed by atoms with Crippen LogP contribution < -0.4 is 5.32 Å². The summed E-state index contributed by atoms with van der Waals surface area (Å²) in [5, 5.41) is 12.4. The zero-order valence-corrected chi connectivity index (χ0v) is 13.6. The maximum atomic E-state index is 12.6. The molecule has 1 aliphatic carbocycles. The van der Waals surface area contributed by atoms with Crippen molar-refractivity contribution in [2.45, 2.75) is 57.2 Å². The van der Waals surface area contributed by atoms with Gasteiger partial charge in [0.25, 0.3) is 0 Å². The monoisotopic (exact) mass is 343 g/mol. The van der Waals surface area contributed by atoms with Gasteiger partial charge in [-0.25, -0.2) is 0 Å². The molecule has 0 bridgehead atoms. The molecule has 1 aliphatic rings. The topological polar surface area (TPSA) is 49.3 Å². The summed E-state index contributed by atoms with van der Waals surface area (Å²) in [7, 11) is 0. The molecule has 1 fully saturated rings. The highest BCUT2D eigenvalue weighted by molar-refractivity contribution is 5.70. The maximum Gasteiger partial charge on any atom is 0.416 e. The van der Waals surface area contributed by atoms with Gasteiger partial charge in [0.2, 0.25) is 0 Å². The van der Waals surface area contributed by atoms with Gasteiger partial charge in [-0.2, -0.15) is 13.2 Å². The molecule has 0 unspecified atom stereocenters. The van der Waals surface area contributed by atoms with Gasteiger partial charge >= 0.3 is 12.1 Å². The fourth-order valence-electron chi connectivity index (χ4n) is 3.21. The molecule has 1 aromatic rings. The number of unbranched alkanes of at least 4 members (excludes halogenated alkanes) is 1. The first kappa shape index (κ1) is 18.8. The van der Waals surface area contributed by atoms with Crippen molar-refractivity contribution < 1.29 is 23.1 Å². The summed E-state index contributed by atoms with van der Waals surface area (Å²) < 4.78 is 37.9. The van der Waals surface area contributed by atoms with E-state index in [9.17, 15) is 18.0 Å². The van der Waals surface area contributed by atoms with Crippen LogP contribution in [0.15, 0.2) is 24.3 Å². The number of alkyl halides is 3. The van der Waals surface area contributed by atoms with E-state index in [1.165, 1.54) is 12.1 Å². The van der Waals surface area contributed by atoms with Crippen molar-refractivity contribution in [1.82, 2.24) is 5.32 Å². The van der Waals surface area contributed by atoms with E-state index in [-0.39, 0.29) is 5.92 Å². The van der Waals surface area contributed by atoms with Crippen LogP contribution in [0.3, 0.4) is 0 Å². The Kier molecular flexibility index (Phi) is 6.66. The van der Waals surface area contributed by atoms with Crippen LogP contribution in [-0.4, -0.2) is 23.7 Å². The Morgan fingerprint density at radius 2 is 1.88 bits per heavy atom. The Morgan fingerprint density at radius 3 is 2.50 bits per heavy atom. The number of rotatable bonds is 7. The van der Waals surface area contributed by atoms with Gasteiger partial charge in [-0.05, 0) is 63.1 Å². The van der Waals surface area contributed by atoms with Crippen LogP contribution in [0.1, 0.15) is 49.7 Å². The summed E-state index contributed by atoms with van der Waals surface area (Å²) in [6.45, 7) is 0.821. The fourth-order valence-corrected chi connectivity index (χ4v) is 3.21. The number of halogens is 3. The zero-order valence-electron chi connectivity index (χ0n) is 13.6. The third kappa shape index (κ3) is 5.82. The van der Waals surface area contributed by atoms with E-state index in [1.54, 1.807) is 6.07 Å². The molecule has 0 aromatic heterocycles. The third-order valence-corrected chi connectivity index (χ3v) is 4.66. The second-order valence-electron chi connectivity index (χ2n) is 6.50. The molecule has 0 saturated heterocycles. The molecule has 24 heavy (non-hydrogen) atoms. The van der Waals surface area contributed by atoms with E-state index in [0.29, 0.717) is 18.0 Å². The van der Waals surface area contributed by atoms with E-state index >= 15 is 0 Å². The molecule has 0 atom stereocenters. The van der Waals surface area contributed by atoms with Crippen molar-refractivity contribution in [3.05, 3.63) is 35.4 Å². The maximum absolute atomic E-state index is 12.6. The standard InChI is InChI=1S/C18H24F3NO2/c19-18(20,21)15-6-3-5-13(12-15)4-1-2-11-22-16-9-7-14(8-10-16)17(23)24/h3,5-6,12,14,16,22H,1-2,4,7-11H2,(H,23,24). The third-order valence-electron chi connectivity index (χ3n) is 4.66. The predicted octanol–water partition coefficient (Wildman–Crippen LogP) is 4.26. The van der Waals surface area contributed by atoms with Crippen molar-refractivity contribution in [2.24, 2.45) is 5.92 Å². The second-order valence-corrected chi connectivity index (χ2v) is 6.50. The molecule has 0 spiro atoms. The average Bonchev–Trinajstić information content (AvgIpc) is 2.54. The minimum atomic E-state index is -4.29. The summed E-state index contributed by atoms with van der Waals surface area (Å²) in [6, 6.07) is 5.88. The van der Waals surface area contributed by atoms with Gasteiger partial charge in [-0.1, -0.05) is 18.2 Å². The van der Waals surface area contributed by atoms with E-state index in [2.05, 4.69) is 5.32 Å². The lowest BCUT2D eigenvalue weighted by atomic mass is 9.86. The van der Waals surface area contributed by atoms with E-state index in [1.807, 2.05) is 0 Å². The smallest absolute Gasteiger partial charge is 0.416 e. The first-order valence-electron chi connectivity index (χ1n) is 8.48. The number of aliphatic carboxylic acids is 1. The Balaban J connectivity index is 1.63. The molecule has 2 rings (SSSR count). The zero-order chi connectivity index (χ0) is 17.6. The first-order valence-corrected chi connectivity index (χ1v) is 8.48. The quantitative estimate of drug-likeness (QED) is 0.727. The van der Waals surface area contributed by atoms with E-state index in [4.69, 9.17) is 5.11 Å². The summed E-state index contributed by atoms with van der Waals surface area (Å²) in [5.74, 6) is -0.904. The number of hydrogen-bond acceptors (Lipinski definition) is 2. The Morgan fingerprint density at radius 1 is 1.17 bits per heavy atom. The lowest BCUT2D eigenvalue weighted by Gasteiger charge is -2.26. The summed E-state index contributed by atoms with van der Waals surface area (Å²) >= 11 is 0. The number of carboxylic acids is 1. The number of hydrogen-bond donors (Lipinski definition) is 2. The molecular weight excluding hydrogens is 319 g/mol. The average molecular weight is 343 g/mol. The second kappa shape index (κ2) is 8.51. The van der Waals surface area contributed by atoms with Crippen molar-refractivity contribution in [3.8, 4) is 0 Å². The molecule has 3 nitrogen and oxygen atoms in total. The number of carboxylic acid groups (broad SMARTS) is 1. The Hall–Kier alpha value is -1.56. The van der Waals surface area contributed by atoms with Crippen LogP contribution in [0.5, 0.6) is 0 Å². The molecule has 134 valence electrons. The van der Waals surface area contributed by atoms with Crippen LogP contribution in [0.4, 0.5) is 13.2 Å². The highest BCUT2D eigenvalue weighted by Gasteiger charge is 2.30. The molecule has 2 N–H and O–H groups in total. The van der Waals surface area contributed by atoms with Crippen molar-refractivity contribution in [3.63, 3.8) is 0 Å². The number of carbonyl (C=O) groups is 1. The number of aryl methyl sites for hydroxylation is 1. The molecule has 1 saturated carbocycles. The van der Waals surface area contributed by atoms with Crippen LogP contribution in [0.25, 0.3) is 0 Å². The molecule has 1 aromatic carbocycles. The van der Waals surface area contributed by atoms with Gasteiger partial charge in [0.15, 0.2) is 0 Å². The highest BCUT2D eigenvalue weighted by atomic mass is 19.4. The largest absolute Gasteiger partial charge is 0.481 e. The minimum absolute atomic E-state index is 0.205. The lowest BCUT2D eigenvalue weighted by molar-refractivity contribution is -0.143. The van der Waals surface area contributed by atoms with Crippen molar-refractivity contribution in [2.75, 3.05) is 6.54 Å². The lowest BCUT2D eigenvalue weighted by Crippen LogP contribution is -2.35. The van der Waals surface area contributed by atoms with Crippen molar-refractivity contribution >= 4 is 5.97 Å². The first-order chi connectivity index (χ1) is 11.4. The molecule has 6 heteroatoms. The van der Waals surface area contributed by atoms with Crippen LogP contribution in [-0.2, 0) is 17.4 Å². The molecule has 0 aliphatic heterocycles. The van der Waals surface area contributed by atoms with Crippen LogP contribution >= 0.6 is 0 Å². The SMILES string of the molecule is O=C(O)C1CCC(NCCCCc2cccc(C(F)(F)F)c2)CC1. The van der Waals surface area contributed by atoms with E-state index < -0.39 is 17.7 Å². The molecule has 0 radical (unpaired) electrons. The molecule has 0 heterocycles. The predicted molar refractivity (Wildman–Crippen MR) is 85.8 cm³/mol. The van der Waals surface area contributed by atoms with Gasteiger partial charge in [0, 0.05) is 6.04 Å². The Labute approximate surface area is 140 Å². The summed E-state index contributed by atoms with van der Waals surface area (Å²) in [4.78, 5) is 10.9. The van der Waals surface area contributed by atoms with Crippen LogP contribution in [0, 0.1) is 5.92 Å². The summed E-state index contributed by atoms with van der Waals surface area (Å²) in [6.07, 6.45) is 1.28. The summed E-state index contributed by atoms with van der Waals surface area (Å²) in [5.41, 5.74) is 0.125. The van der Waals surface area contributed by atoms with Gasteiger partial charge in [-0.15, -0.1) is 0 Å². The van der Waals surface area contributed by atoms with Gasteiger partial charge in [0.05, 0.1) is 11.5 Å². The molecule has 0 amide bonds. The fraction of sp³-hybridized carbons (Fsp3) is 0.611. The minimum Gasteiger partial charge on any atom is -0.481 e. The number of benzene rings is 1. The highest BCUT2D eigenvalue weighted by Crippen LogP contribution is 2.29. The van der Waals surface area contributed by atoms with Crippen molar-refractivity contribution in [1.29, 1.82) is 0 Å². The van der Waals surface area contributed by atoms with Gasteiger partial charge in [-0.3, -0.25) is 4.79 Å². The normalized spacial score (nSPS) is 21.6. The van der Waals surface area contributed by atoms with E-state index in [0.717, 1.165) is 51.1 Å². The number of nitrogens with one attached hydrogen (secondary N) is 1.